The molecule has 7 heteroatoms. The van der Waals surface area contributed by atoms with Crippen molar-refractivity contribution in [1.82, 2.24) is 10.6 Å². The van der Waals surface area contributed by atoms with E-state index < -0.39 is 0 Å². The Hall–Kier alpha value is -3.02. The fourth-order valence-corrected chi connectivity index (χ4v) is 4.17. The second-order valence-corrected chi connectivity index (χ2v) is 9.15. The van der Waals surface area contributed by atoms with Crippen molar-refractivity contribution in [2.45, 2.75) is 47.1 Å². The quantitative estimate of drug-likeness (QED) is 0.360. The third-order valence-corrected chi connectivity index (χ3v) is 6.45. The smallest absolute Gasteiger partial charge is 0.248 e. The van der Waals surface area contributed by atoms with E-state index in [0.717, 1.165) is 45.8 Å². The van der Waals surface area contributed by atoms with Gasteiger partial charge >= 0.3 is 0 Å². The zero-order chi connectivity index (χ0) is 25.4. The van der Waals surface area contributed by atoms with Crippen molar-refractivity contribution in [1.29, 1.82) is 0 Å². The van der Waals surface area contributed by atoms with Gasteiger partial charge in [0.1, 0.15) is 12.4 Å². The molecule has 0 fully saturated rings. The van der Waals surface area contributed by atoms with Crippen LogP contribution in [0, 0.1) is 6.92 Å². The normalized spacial score (nSPS) is 15.0. The van der Waals surface area contributed by atoms with E-state index in [1.807, 2.05) is 76.2 Å². The second kappa shape index (κ2) is 12.6. The summed E-state index contributed by atoms with van der Waals surface area (Å²) >= 11 is 12.8. The maximum Gasteiger partial charge on any atom is 0.248 e. The number of halogens is 2. The van der Waals surface area contributed by atoms with Crippen LogP contribution in [0.1, 0.15) is 50.3 Å². The van der Waals surface area contributed by atoms with Crippen LogP contribution in [-0.4, -0.2) is 18.2 Å². The third kappa shape index (κ3) is 7.23. The number of nitrogens with one attached hydrogen (secondary N) is 2. The van der Waals surface area contributed by atoms with Crippen LogP contribution in [-0.2, 0) is 11.4 Å². The molecule has 0 radical (unpaired) electrons. The number of nitrogens with zero attached hydrogens (tertiary/aromatic N) is 1. The minimum atomic E-state index is -0.0146. The van der Waals surface area contributed by atoms with E-state index in [-0.39, 0.29) is 5.91 Å². The lowest BCUT2D eigenvalue weighted by atomic mass is 10.1. The summed E-state index contributed by atoms with van der Waals surface area (Å²) in [5.74, 6) is 0.627. The number of carbonyl (C=O) groups excluding carboxylic acids is 1. The Balaban J connectivity index is 1.63. The standard InChI is InChI=1S/C28H31Cl2N3O2/c1-5-23(33-26-12-14-32-28(34)19(26)3)10-8-13-31-20(4)22-15-18(2)27(25(30)16-22)35-17-21-9-6-7-11-24(21)29/h5-9,11,13,15-16,33H,10,12,14,17H2,1-4H3,(H,32,34)/b13-8-,23-5-,31-20?. The molecule has 0 saturated heterocycles. The van der Waals surface area contributed by atoms with Crippen molar-refractivity contribution in [3.8, 4) is 5.75 Å². The van der Waals surface area contributed by atoms with Crippen LogP contribution in [0.2, 0.25) is 10.0 Å². The maximum absolute atomic E-state index is 11.8. The van der Waals surface area contributed by atoms with E-state index in [1.54, 1.807) is 6.20 Å². The number of aryl methyl sites for hydroxylation is 1. The summed E-state index contributed by atoms with van der Waals surface area (Å²) in [7, 11) is 0. The van der Waals surface area contributed by atoms with Crippen molar-refractivity contribution >= 4 is 34.8 Å². The van der Waals surface area contributed by atoms with Gasteiger partial charge in [0.2, 0.25) is 5.91 Å². The molecule has 0 atom stereocenters. The molecular weight excluding hydrogens is 481 g/mol. The molecule has 2 N–H and O–H groups in total. The van der Waals surface area contributed by atoms with Gasteiger partial charge in [-0.2, -0.15) is 0 Å². The van der Waals surface area contributed by atoms with Gasteiger partial charge in [0.25, 0.3) is 0 Å². The largest absolute Gasteiger partial charge is 0.487 e. The SMILES string of the molecule is C/C=C(/C/C=C\N=C(C)c1cc(C)c(OCc2ccccc2Cl)c(Cl)c1)NC1=C(C)C(=O)NCC1. The molecule has 2 aromatic carbocycles. The first kappa shape index (κ1) is 26.6. The molecule has 1 amide bonds. The summed E-state index contributed by atoms with van der Waals surface area (Å²) in [6, 6.07) is 11.5. The van der Waals surface area contributed by atoms with Gasteiger partial charge in [-0.15, -0.1) is 0 Å². The van der Waals surface area contributed by atoms with Gasteiger partial charge in [0.05, 0.1) is 5.02 Å². The molecule has 3 rings (SSSR count). The summed E-state index contributed by atoms with van der Waals surface area (Å²) in [4.78, 5) is 16.4. The first-order chi connectivity index (χ1) is 16.8. The van der Waals surface area contributed by atoms with Gasteiger partial charge in [0, 0.05) is 58.9 Å². The lowest BCUT2D eigenvalue weighted by Gasteiger charge is -2.20. The van der Waals surface area contributed by atoms with Gasteiger partial charge in [-0.25, -0.2) is 0 Å². The van der Waals surface area contributed by atoms with Crippen LogP contribution in [0.15, 0.2) is 76.7 Å². The van der Waals surface area contributed by atoms with E-state index in [0.29, 0.717) is 35.4 Å². The van der Waals surface area contributed by atoms with Crippen molar-refractivity contribution in [3.05, 3.63) is 98.5 Å². The van der Waals surface area contributed by atoms with E-state index >= 15 is 0 Å². The van der Waals surface area contributed by atoms with Crippen LogP contribution < -0.4 is 15.4 Å². The van der Waals surface area contributed by atoms with E-state index in [1.165, 1.54) is 0 Å². The fraction of sp³-hybridized carbons (Fsp3) is 0.286. The number of carbonyl (C=O) groups is 1. The summed E-state index contributed by atoms with van der Waals surface area (Å²) in [6.07, 6.45) is 7.27. The van der Waals surface area contributed by atoms with Crippen molar-refractivity contribution in [2.75, 3.05) is 6.54 Å². The molecule has 1 aliphatic heterocycles. The van der Waals surface area contributed by atoms with Crippen LogP contribution in [0.3, 0.4) is 0 Å². The first-order valence-electron chi connectivity index (χ1n) is 11.6. The average molecular weight is 512 g/mol. The zero-order valence-corrected chi connectivity index (χ0v) is 22.1. The lowest BCUT2D eigenvalue weighted by molar-refractivity contribution is -0.117. The molecule has 0 bridgehead atoms. The highest BCUT2D eigenvalue weighted by Crippen LogP contribution is 2.31. The molecule has 0 spiro atoms. The number of allylic oxidation sites excluding steroid dienone is 2. The highest BCUT2D eigenvalue weighted by molar-refractivity contribution is 6.32. The van der Waals surface area contributed by atoms with Crippen molar-refractivity contribution in [3.63, 3.8) is 0 Å². The van der Waals surface area contributed by atoms with Crippen molar-refractivity contribution < 1.29 is 9.53 Å². The first-order valence-corrected chi connectivity index (χ1v) is 12.3. The predicted molar refractivity (Wildman–Crippen MR) is 145 cm³/mol. The number of ether oxygens (including phenoxy) is 1. The Morgan fingerprint density at radius 2 is 1.97 bits per heavy atom. The topological polar surface area (TPSA) is 62.7 Å². The summed E-state index contributed by atoms with van der Waals surface area (Å²) in [5.41, 5.74) is 6.35. The number of amides is 1. The number of aliphatic imine (C=N–C) groups is 1. The van der Waals surface area contributed by atoms with Crippen LogP contribution in [0.25, 0.3) is 0 Å². The minimum absolute atomic E-state index is 0.0146. The van der Waals surface area contributed by atoms with Crippen LogP contribution in [0.5, 0.6) is 5.75 Å². The third-order valence-electron chi connectivity index (χ3n) is 5.80. The Morgan fingerprint density at radius 1 is 1.20 bits per heavy atom. The average Bonchev–Trinajstić information content (AvgIpc) is 2.83. The van der Waals surface area contributed by atoms with Gasteiger partial charge in [0.15, 0.2) is 0 Å². The second-order valence-electron chi connectivity index (χ2n) is 8.34. The molecule has 0 unspecified atom stereocenters. The van der Waals surface area contributed by atoms with E-state index in [9.17, 15) is 4.79 Å². The fourth-order valence-electron chi connectivity index (χ4n) is 3.66. The maximum atomic E-state index is 11.8. The molecule has 1 aliphatic rings. The van der Waals surface area contributed by atoms with Crippen LogP contribution in [0.4, 0.5) is 0 Å². The van der Waals surface area contributed by atoms with Gasteiger partial charge in [-0.05, 0) is 57.0 Å². The lowest BCUT2D eigenvalue weighted by Crippen LogP contribution is -2.34. The molecule has 2 aromatic rings. The Labute approximate surface area is 217 Å². The minimum Gasteiger partial charge on any atom is -0.487 e. The highest BCUT2D eigenvalue weighted by atomic mass is 35.5. The van der Waals surface area contributed by atoms with E-state index in [2.05, 4.69) is 15.6 Å². The summed E-state index contributed by atoms with van der Waals surface area (Å²) < 4.78 is 5.97. The van der Waals surface area contributed by atoms with Gasteiger partial charge < -0.3 is 15.4 Å². The number of rotatable bonds is 9. The molecule has 0 aromatic heterocycles. The molecule has 5 nitrogen and oxygen atoms in total. The Kier molecular flexibility index (Phi) is 9.58. The molecule has 0 aliphatic carbocycles. The molecule has 35 heavy (non-hydrogen) atoms. The number of hydrogen-bond donors (Lipinski definition) is 2. The molecular formula is C28H31Cl2N3O2. The van der Waals surface area contributed by atoms with Crippen LogP contribution >= 0.6 is 23.2 Å². The molecule has 184 valence electrons. The molecule has 1 heterocycles. The predicted octanol–water partition coefficient (Wildman–Crippen LogP) is 6.88. The summed E-state index contributed by atoms with van der Waals surface area (Å²) in [5, 5.41) is 7.45. The Morgan fingerprint density at radius 3 is 2.69 bits per heavy atom. The number of hydrogen-bond acceptors (Lipinski definition) is 4. The molecule has 0 saturated carbocycles. The van der Waals surface area contributed by atoms with Gasteiger partial charge in [-0.3, -0.25) is 9.79 Å². The van der Waals surface area contributed by atoms with E-state index in [4.69, 9.17) is 27.9 Å². The summed E-state index contributed by atoms with van der Waals surface area (Å²) in [6.45, 7) is 8.73. The number of benzene rings is 2. The zero-order valence-electron chi connectivity index (χ0n) is 20.5. The Bertz CT molecular complexity index is 1190. The van der Waals surface area contributed by atoms with Gasteiger partial charge in [-0.1, -0.05) is 53.6 Å². The highest BCUT2D eigenvalue weighted by Gasteiger charge is 2.16. The monoisotopic (exact) mass is 511 g/mol. The van der Waals surface area contributed by atoms with Crippen molar-refractivity contribution in [2.24, 2.45) is 4.99 Å².